The van der Waals surface area contributed by atoms with Crippen LogP contribution in [0.25, 0.3) is 0 Å². The Balaban J connectivity index is 2.43. The van der Waals surface area contributed by atoms with E-state index in [4.69, 9.17) is 26.3 Å². The average Bonchev–Trinajstić information content (AvgIpc) is 2.55. The highest BCUT2D eigenvalue weighted by Crippen LogP contribution is 2.33. The van der Waals surface area contributed by atoms with Gasteiger partial charge >= 0.3 is 0 Å². The number of carbonyl (C=O) groups excluding carboxylic acids is 1. The SMILES string of the molecule is CCOc1c(OC)cc(C#N)cc1C(=O)Nc1cccc(Cl)c1. The van der Waals surface area contributed by atoms with Gasteiger partial charge in [-0.15, -0.1) is 0 Å². The third kappa shape index (κ3) is 3.93. The van der Waals surface area contributed by atoms with Crippen molar-refractivity contribution in [3.8, 4) is 17.6 Å². The molecule has 118 valence electrons. The molecule has 0 aliphatic carbocycles. The first kappa shape index (κ1) is 16.7. The van der Waals surface area contributed by atoms with E-state index in [1.807, 2.05) is 6.07 Å². The number of ether oxygens (including phenoxy) is 2. The van der Waals surface area contributed by atoms with Gasteiger partial charge < -0.3 is 14.8 Å². The zero-order valence-electron chi connectivity index (χ0n) is 12.7. The predicted octanol–water partition coefficient (Wildman–Crippen LogP) is 3.87. The number of rotatable bonds is 5. The van der Waals surface area contributed by atoms with Gasteiger partial charge in [0.1, 0.15) is 0 Å². The van der Waals surface area contributed by atoms with Gasteiger partial charge in [-0.2, -0.15) is 5.26 Å². The summed E-state index contributed by atoms with van der Waals surface area (Å²) in [6.07, 6.45) is 0. The number of hydrogen-bond acceptors (Lipinski definition) is 4. The predicted molar refractivity (Wildman–Crippen MR) is 88.3 cm³/mol. The van der Waals surface area contributed by atoms with Crippen LogP contribution in [0.15, 0.2) is 36.4 Å². The normalized spacial score (nSPS) is 9.83. The lowest BCUT2D eigenvalue weighted by molar-refractivity contribution is 0.102. The standard InChI is InChI=1S/C17H15ClN2O3/c1-3-23-16-14(7-11(10-19)8-15(16)22-2)17(21)20-13-6-4-5-12(18)9-13/h4-9H,3H2,1-2H3,(H,20,21). The molecule has 0 spiro atoms. The van der Waals surface area contributed by atoms with E-state index >= 15 is 0 Å². The second kappa shape index (κ2) is 7.52. The molecule has 1 N–H and O–H groups in total. The topological polar surface area (TPSA) is 71.3 Å². The lowest BCUT2D eigenvalue weighted by Gasteiger charge is -2.14. The molecule has 0 aromatic heterocycles. The van der Waals surface area contributed by atoms with E-state index in [1.165, 1.54) is 19.2 Å². The van der Waals surface area contributed by atoms with Crippen LogP contribution in [0.2, 0.25) is 5.02 Å². The van der Waals surface area contributed by atoms with E-state index in [1.54, 1.807) is 31.2 Å². The molecule has 0 aliphatic rings. The van der Waals surface area contributed by atoms with E-state index in [-0.39, 0.29) is 5.56 Å². The molecule has 6 heteroatoms. The summed E-state index contributed by atoms with van der Waals surface area (Å²) >= 11 is 5.91. The molecule has 0 bridgehead atoms. The smallest absolute Gasteiger partial charge is 0.259 e. The van der Waals surface area contributed by atoms with Crippen LogP contribution < -0.4 is 14.8 Å². The molecule has 5 nitrogen and oxygen atoms in total. The summed E-state index contributed by atoms with van der Waals surface area (Å²) in [5.74, 6) is 0.224. The van der Waals surface area contributed by atoms with Crippen LogP contribution in [-0.4, -0.2) is 19.6 Å². The molecule has 1 amide bonds. The maximum absolute atomic E-state index is 12.6. The monoisotopic (exact) mass is 330 g/mol. The lowest BCUT2D eigenvalue weighted by atomic mass is 10.1. The fourth-order valence-electron chi connectivity index (χ4n) is 2.04. The van der Waals surface area contributed by atoms with Crippen molar-refractivity contribution in [1.29, 1.82) is 5.26 Å². The Morgan fingerprint density at radius 2 is 2.13 bits per heavy atom. The van der Waals surface area contributed by atoms with Gasteiger partial charge in [-0.05, 0) is 31.2 Å². The number of methoxy groups -OCH3 is 1. The second-order valence-electron chi connectivity index (χ2n) is 4.56. The van der Waals surface area contributed by atoms with Gasteiger partial charge in [0.2, 0.25) is 0 Å². The zero-order chi connectivity index (χ0) is 16.8. The van der Waals surface area contributed by atoms with Crippen molar-refractivity contribution in [2.45, 2.75) is 6.92 Å². The number of nitriles is 1. The van der Waals surface area contributed by atoms with Crippen molar-refractivity contribution in [3.05, 3.63) is 52.5 Å². The maximum atomic E-state index is 12.6. The number of amides is 1. The minimum atomic E-state index is -0.411. The number of anilines is 1. The first-order valence-corrected chi connectivity index (χ1v) is 7.28. The van der Waals surface area contributed by atoms with Gasteiger partial charge in [0.15, 0.2) is 11.5 Å². The molecule has 0 radical (unpaired) electrons. The number of carbonyl (C=O) groups is 1. The third-order valence-corrected chi connectivity index (χ3v) is 3.25. The molecule has 2 aromatic rings. The van der Waals surface area contributed by atoms with Crippen molar-refractivity contribution in [1.82, 2.24) is 0 Å². The number of halogens is 1. The Bertz CT molecular complexity index is 769. The Labute approximate surface area is 139 Å². The maximum Gasteiger partial charge on any atom is 0.259 e. The van der Waals surface area contributed by atoms with E-state index in [0.717, 1.165) is 0 Å². The summed E-state index contributed by atoms with van der Waals surface area (Å²) in [6, 6.07) is 11.8. The Morgan fingerprint density at radius 1 is 1.35 bits per heavy atom. The van der Waals surface area contributed by atoms with E-state index in [9.17, 15) is 4.79 Å². The minimum Gasteiger partial charge on any atom is -0.493 e. The molecular weight excluding hydrogens is 316 g/mol. The van der Waals surface area contributed by atoms with Gasteiger partial charge in [0, 0.05) is 16.8 Å². The second-order valence-corrected chi connectivity index (χ2v) is 5.00. The van der Waals surface area contributed by atoms with Gasteiger partial charge in [0.25, 0.3) is 5.91 Å². The van der Waals surface area contributed by atoms with Crippen LogP contribution in [-0.2, 0) is 0 Å². The van der Waals surface area contributed by atoms with Gasteiger partial charge in [0.05, 0.1) is 30.9 Å². The molecule has 0 saturated carbocycles. The van der Waals surface area contributed by atoms with Crippen LogP contribution in [0.4, 0.5) is 5.69 Å². The number of benzene rings is 2. The Morgan fingerprint density at radius 3 is 2.74 bits per heavy atom. The third-order valence-electron chi connectivity index (χ3n) is 3.02. The molecule has 0 atom stereocenters. The highest BCUT2D eigenvalue weighted by Gasteiger charge is 2.19. The highest BCUT2D eigenvalue weighted by molar-refractivity contribution is 6.31. The molecule has 23 heavy (non-hydrogen) atoms. The van der Waals surface area contributed by atoms with Crippen LogP contribution in [0.3, 0.4) is 0 Å². The molecule has 2 aromatic carbocycles. The first-order valence-electron chi connectivity index (χ1n) is 6.91. The van der Waals surface area contributed by atoms with Crippen LogP contribution in [0.5, 0.6) is 11.5 Å². The highest BCUT2D eigenvalue weighted by atomic mass is 35.5. The fourth-order valence-corrected chi connectivity index (χ4v) is 2.24. The molecule has 0 unspecified atom stereocenters. The zero-order valence-corrected chi connectivity index (χ0v) is 13.5. The Hall–Kier alpha value is -2.71. The summed E-state index contributed by atoms with van der Waals surface area (Å²) in [7, 11) is 1.46. The molecule has 0 fully saturated rings. The first-order chi connectivity index (χ1) is 11.1. The quantitative estimate of drug-likeness (QED) is 0.903. The van der Waals surface area contributed by atoms with Crippen molar-refractivity contribution < 1.29 is 14.3 Å². The summed E-state index contributed by atoms with van der Waals surface area (Å²) in [4.78, 5) is 12.6. The summed E-state index contributed by atoms with van der Waals surface area (Å²) in [5.41, 5.74) is 1.08. The summed E-state index contributed by atoms with van der Waals surface area (Å²) in [6.45, 7) is 2.16. The van der Waals surface area contributed by atoms with E-state index in [0.29, 0.717) is 34.4 Å². The van der Waals surface area contributed by atoms with Crippen LogP contribution in [0, 0.1) is 11.3 Å². The van der Waals surface area contributed by atoms with Crippen molar-refractivity contribution in [2.24, 2.45) is 0 Å². The summed E-state index contributed by atoms with van der Waals surface area (Å²) < 4.78 is 10.7. The lowest BCUT2D eigenvalue weighted by Crippen LogP contribution is -2.14. The number of nitrogens with one attached hydrogen (secondary N) is 1. The number of hydrogen-bond donors (Lipinski definition) is 1. The van der Waals surface area contributed by atoms with E-state index < -0.39 is 5.91 Å². The van der Waals surface area contributed by atoms with Crippen LogP contribution >= 0.6 is 11.6 Å². The number of nitrogens with zero attached hydrogens (tertiary/aromatic N) is 1. The molecule has 0 aliphatic heterocycles. The van der Waals surface area contributed by atoms with E-state index in [2.05, 4.69) is 5.32 Å². The van der Waals surface area contributed by atoms with Crippen molar-refractivity contribution in [3.63, 3.8) is 0 Å². The summed E-state index contributed by atoms with van der Waals surface area (Å²) in [5, 5.41) is 12.4. The fraction of sp³-hybridized carbons (Fsp3) is 0.176. The van der Waals surface area contributed by atoms with Gasteiger partial charge in [-0.1, -0.05) is 17.7 Å². The minimum absolute atomic E-state index is 0.225. The molecular formula is C17H15ClN2O3. The average molecular weight is 331 g/mol. The van der Waals surface area contributed by atoms with Crippen molar-refractivity contribution >= 4 is 23.2 Å². The van der Waals surface area contributed by atoms with Crippen LogP contribution in [0.1, 0.15) is 22.8 Å². The molecule has 0 saturated heterocycles. The van der Waals surface area contributed by atoms with Gasteiger partial charge in [-0.3, -0.25) is 4.79 Å². The van der Waals surface area contributed by atoms with Gasteiger partial charge in [-0.25, -0.2) is 0 Å². The molecule has 0 heterocycles. The van der Waals surface area contributed by atoms with Crippen molar-refractivity contribution in [2.75, 3.05) is 19.0 Å². The largest absolute Gasteiger partial charge is 0.493 e. The Kier molecular flexibility index (Phi) is 5.45. The molecule has 2 rings (SSSR count).